The van der Waals surface area contributed by atoms with Gasteiger partial charge in [0.25, 0.3) is 0 Å². The summed E-state index contributed by atoms with van der Waals surface area (Å²) in [6, 6.07) is 15.4. The number of halogens is 3. The van der Waals surface area contributed by atoms with E-state index in [1.54, 1.807) is 18.2 Å². The Morgan fingerprint density at radius 2 is 1.56 bits per heavy atom. The van der Waals surface area contributed by atoms with Crippen LogP contribution in [0, 0.1) is 23.5 Å². The Labute approximate surface area is 213 Å². The van der Waals surface area contributed by atoms with Gasteiger partial charge in [-0.2, -0.15) is 0 Å². The molecule has 36 heavy (non-hydrogen) atoms. The molecule has 3 aromatic rings. The molecular formula is C26H23ClF2O5S2. The van der Waals surface area contributed by atoms with E-state index in [1.165, 1.54) is 36.4 Å². The lowest BCUT2D eigenvalue weighted by Gasteiger charge is -2.49. The van der Waals surface area contributed by atoms with Gasteiger partial charge in [-0.25, -0.2) is 25.6 Å². The van der Waals surface area contributed by atoms with Gasteiger partial charge in [-0.05, 0) is 73.7 Å². The fourth-order valence-corrected chi connectivity index (χ4v) is 9.79. The highest BCUT2D eigenvalue weighted by molar-refractivity contribution is 7.92. The van der Waals surface area contributed by atoms with Crippen molar-refractivity contribution in [3.63, 3.8) is 0 Å². The van der Waals surface area contributed by atoms with E-state index in [-0.39, 0.29) is 52.9 Å². The summed E-state index contributed by atoms with van der Waals surface area (Å²) >= 11 is 5.96. The smallest absolute Gasteiger partial charge is 0.188 e. The third-order valence-electron chi connectivity index (χ3n) is 7.27. The molecule has 0 aromatic heterocycles. The lowest BCUT2D eigenvalue weighted by molar-refractivity contribution is 0.103. The third-order valence-corrected chi connectivity index (χ3v) is 12.0. The van der Waals surface area contributed by atoms with Crippen LogP contribution in [0.5, 0.6) is 5.75 Å². The Kier molecular flexibility index (Phi) is 6.37. The molecule has 1 aliphatic carbocycles. The van der Waals surface area contributed by atoms with Gasteiger partial charge in [0.15, 0.2) is 31.2 Å². The first kappa shape index (κ1) is 25.2. The molecule has 0 radical (unpaired) electrons. The van der Waals surface area contributed by atoms with Crippen LogP contribution in [-0.2, 0) is 24.4 Å². The summed E-state index contributed by atoms with van der Waals surface area (Å²) in [4.78, 5) is 0.123. The SMILES string of the molecule is O=S(=O)(C[C@H]1CC[C@]2(S(=O)(=O)c3ccc(Cl)cc3)c3c(F)ccc(F)c3OC[C@@H]2C1)c1ccccc1. The van der Waals surface area contributed by atoms with Crippen molar-refractivity contribution in [1.82, 2.24) is 0 Å². The summed E-state index contributed by atoms with van der Waals surface area (Å²) in [5.74, 6) is -3.46. The van der Waals surface area contributed by atoms with E-state index in [2.05, 4.69) is 0 Å². The van der Waals surface area contributed by atoms with E-state index in [9.17, 15) is 21.2 Å². The Morgan fingerprint density at radius 1 is 0.889 bits per heavy atom. The quantitative estimate of drug-likeness (QED) is 0.413. The topological polar surface area (TPSA) is 77.5 Å². The molecule has 2 aliphatic rings. The Hall–Kier alpha value is -2.49. The van der Waals surface area contributed by atoms with E-state index in [0.717, 1.165) is 12.1 Å². The van der Waals surface area contributed by atoms with Crippen molar-refractivity contribution < 1.29 is 30.4 Å². The average Bonchev–Trinajstić information content (AvgIpc) is 2.86. The predicted molar refractivity (Wildman–Crippen MR) is 131 cm³/mol. The minimum absolute atomic E-state index is 0.0660. The molecule has 0 unspecified atom stereocenters. The van der Waals surface area contributed by atoms with Crippen LogP contribution in [0.3, 0.4) is 0 Å². The second-order valence-corrected chi connectivity index (χ2v) is 14.0. The van der Waals surface area contributed by atoms with Crippen LogP contribution in [0.25, 0.3) is 0 Å². The van der Waals surface area contributed by atoms with E-state index >= 15 is 4.39 Å². The number of hydrogen-bond donors (Lipinski definition) is 0. The zero-order chi connectivity index (χ0) is 25.7. The van der Waals surface area contributed by atoms with E-state index in [1.807, 2.05) is 0 Å². The molecule has 3 aromatic carbocycles. The number of benzene rings is 3. The highest BCUT2D eigenvalue weighted by Gasteiger charge is 2.59. The van der Waals surface area contributed by atoms with Crippen LogP contribution < -0.4 is 4.74 Å². The first-order chi connectivity index (χ1) is 17.1. The van der Waals surface area contributed by atoms with Gasteiger partial charge in [0.05, 0.1) is 27.7 Å². The normalized spacial score (nSPS) is 23.9. The third kappa shape index (κ3) is 4.01. The van der Waals surface area contributed by atoms with Crippen molar-refractivity contribution in [2.24, 2.45) is 11.8 Å². The van der Waals surface area contributed by atoms with Crippen LogP contribution in [0.1, 0.15) is 24.8 Å². The van der Waals surface area contributed by atoms with Crippen LogP contribution in [0.2, 0.25) is 5.02 Å². The van der Waals surface area contributed by atoms with Gasteiger partial charge in [-0.15, -0.1) is 0 Å². The fourth-order valence-electron chi connectivity index (χ4n) is 5.62. The Morgan fingerprint density at radius 3 is 2.25 bits per heavy atom. The van der Waals surface area contributed by atoms with Crippen LogP contribution in [0.15, 0.2) is 76.5 Å². The maximum atomic E-state index is 15.3. The Bertz CT molecular complexity index is 1510. The van der Waals surface area contributed by atoms with Crippen molar-refractivity contribution in [3.05, 3.63) is 89.0 Å². The number of rotatable bonds is 5. The van der Waals surface area contributed by atoms with Gasteiger partial charge in [-0.1, -0.05) is 29.8 Å². The molecule has 0 amide bonds. The molecule has 5 rings (SSSR count). The second kappa shape index (κ2) is 9.11. The number of ether oxygens (including phenoxy) is 1. The summed E-state index contributed by atoms with van der Waals surface area (Å²) in [6.45, 7) is -0.178. The van der Waals surface area contributed by atoms with Crippen LogP contribution in [-0.4, -0.2) is 29.2 Å². The van der Waals surface area contributed by atoms with Gasteiger partial charge < -0.3 is 4.74 Å². The van der Waals surface area contributed by atoms with Crippen LogP contribution in [0.4, 0.5) is 8.78 Å². The molecule has 0 saturated heterocycles. The summed E-state index contributed by atoms with van der Waals surface area (Å²) in [5, 5.41) is 0.336. The van der Waals surface area contributed by atoms with E-state index in [4.69, 9.17) is 16.3 Å². The summed E-state index contributed by atoms with van der Waals surface area (Å²) < 4.78 is 88.3. The van der Waals surface area contributed by atoms with Gasteiger partial charge >= 0.3 is 0 Å². The van der Waals surface area contributed by atoms with Gasteiger partial charge in [0.1, 0.15) is 10.6 Å². The van der Waals surface area contributed by atoms with Crippen LogP contribution >= 0.6 is 11.6 Å². The molecule has 190 valence electrons. The van der Waals surface area contributed by atoms with E-state index in [0.29, 0.717) is 5.02 Å². The molecule has 0 N–H and O–H groups in total. The maximum Gasteiger partial charge on any atom is 0.188 e. The zero-order valence-corrected chi connectivity index (χ0v) is 21.4. The number of sulfone groups is 2. The average molecular weight is 553 g/mol. The summed E-state index contributed by atoms with van der Waals surface area (Å²) in [7, 11) is -7.89. The standard InChI is InChI=1S/C26H23ClF2O5S2/c27-19-6-8-21(9-7-19)36(32,33)26-13-12-17(16-35(30,31)20-4-2-1-3-5-20)14-18(26)15-34-25-23(29)11-10-22(28)24(25)26/h1-11,17-18H,12-16H2/t17-,18-,26+/m0/s1. The fraction of sp³-hybridized carbons (Fsp3) is 0.308. The summed E-state index contributed by atoms with van der Waals surface area (Å²) in [6.07, 6.45) is 0.285. The molecule has 1 saturated carbocycles. The van der Waals surface area contributed by atoms with E-state index < -0.39 is 47.7 Å². The maximum absolute atomic E-state index is 15.3. The molecule has 1 aliphatic heterocycles. The second-order valence-electron chi connectivity index (χ2n) is 9.32. The molecular weight excluding hydrogens is 530 g/mol. The minimum Gasteiger partial charge on any atom is -0.490 e. The molecule has 0 bridgehead atoms. The van der Waals surface area contributed by atoms with Gasteiger partial charge in [0.2, 0.25) is 0 Å². The largest absolute Gasteiger partial charge is 0.490 e. The first-order valence-corrected chi connectivity index (χ1v) is 15.0. The van der Waals surface area contributed by atoms with Crippen molar-refractivity contribution in [3.8, 4) is 5.75 Å². The van der Waals surface area contributed by atoms with Crippen molar-refractivity contribution in [1.29, 1.82) is 0 Å². The summed E-state index contributed by atoms with van der Waals surface area (Å²) in [5.41, 5.74) is -0.321. The number of hydrogen-bond acceptors (Lipinski definition) is 5. The lowest BCUT2D eigenvalue weighted by atomic mass is 9.69. The lowest BCUT2D eigenvalue weighted by Crippen LogP contribution is -2.52. The highest BCUT2D eigenvalue weighted by atomic mass is 35.5. The highest BCUT2D eigenvalue weighted by Crippen LogP contribution is 2.57. The van der Waals surface area contributed by atoms with Gasteiger partial charge in [-0.3, -0.25) is 0 Å². The van der Waals surface area contributed by atoms with Crippen molar-refractivity contribution in [2.45, 2.75) is 33.8 Å². The molecule has 3 atom stereocenters. The van der Waals surface area contributed by atoms with Crippen molar-refractivity contribution in [2.75, 3.05) is 12.4 Å². The molecule has 1 heterocycles. The minimum atomic E-state index is -4.27. The molecule has 5 nitrogen and oxygen atoms in total. The van der Waals surface area contributed by atoms with Crippen molar-refractivity contribution >= 4 is 31.3 Å². The Balaban J connectivity index is 1.59. The molecule has 0 spiro atoms. The monoisotopic (exact) mass is 552 g/mol. The zero-order valence-electron chi connectivity index (χ0n) is 19.0. The molecule has 1 fully saturated rings. The number of fused-ring (bicyclic) bond motifs is 3. The predicted octanol–water partition coefficient (Wildman–Crippen LogP) is 5.57. The molecule has 10 heteroatoms. The first-order valence-electron chi connectivity index (χ1n) is 11.5. The van der Waals surface area contributed by atoms with Gasteiger partial charge in [0, 0.05) is 10.9 Å².